The van der Waals surface area contributed by atoms with Gasteiger partial charge in [-0.15, -0.1) is 0 Å². The SMILES string of the molecule is O=C(CCC(=O)c1ccc2c(c1)CCC2)Nc1ccc(C(=O)O)cc1. The van der Waals surface area contributed by atoms with Crippen LogP contribution in [0.15, 0.2) is 42.5 Å². The molecule has 0 fully saturated rings. The first-order valence-electron chi connectivity index (χ1n) is 8.31. The quantitative estimate of drug-likeness (QED) is 0.791. The predicted octanol–water partition coefficient (Wildman–Crippen LogP) is 3.48. The lowest BCUT2D eigenvalue weighted by atomic mass is 10.0. The van der Waals surface area contributed by atoms with Crippen LogP contribution in [-0.2, 0) is 17.6 Å². The van der Waals surface area contributed by atoms with E-state index in [9.17, 15) is 14.4 Å². The second-order valence-corrected chi connectivity index (χ2v) is 6.19. The monoisotopic (exact) mass is 337 g/mol. The molecule has 0 aliphatic heterocycles. The van der Waals surface area contributed by atoms with Crippen molar-refractivity contribution >= 4 is 23.3 Å². The van der Waals surface area contributed by atoms with E-state index in [1.165, 1.54) is 35.4 Å². The molecular formula is C20H19NO4. The van der Waals surface area contributed by atoms with Gasteiger partial charge in [-0.3, -0.25) is 9.59 Å². The lowest BCUT2D eigenvalue weighted by Gasteiger charge is -2.06. The van der Waals surface area contributed by atoms with E-state index in [0.29, 0.717) is 11.3 Å². The fraction of sp³-hybridized carbons (Fsp3) is 0.250. The summed E-state index contributed by atoms with van der Waals surface area (Å²) in [6.07, 6.45) is 3.47. The maximum atomic E-state index is 12.3. The van der Waals surface area contributed by atoms with Gasteiger partial charge in [0.05, 0.1) is 5.56 Å². The van der Waals surface area contributed by atoms with Crippen molar-refractivity contribution in [2.24, 2.45) is 0 Å². The van der Waals surface area contributed by atoms with E-state index in [-0.39, 0.29) is 30.1 Å². The molecule has 0 atom stereocenters. The van der Waals surface area contributed by atoms with Crippen LogP contribution in [0.4, 0.5) is 5.69 Å². The van der Waals surface area contributed by atoms with Crippen molar-refractivity contribution in [2.45, 2.75) is 32.1 Å². The molecule has 2 aromatic rings. The van der Waals surface area contributed by atoms with E-state index in [1.807, 2.05) is 18.2 Å². The van der Waals surface area contributed by atoms with Crippen molar-refractivity contribution < 1.29 is 19.5 Å². The number of rotatable bonds is 6. The molecule has 25 heavy (non-hydrogen) atoms. The molecule has 5 heteroatoms. The van der Waals surface area contributed by atoms with Crippen molar-refractivity contribution in [1.82, 2.24) is 0 Å². The average Bonchev–Trinajstić information content (AvgIpc) is 3.07. The Kier molecular flexibility index (Phi) is 4.93. The Morgan fingerprint density at radius 2 is 1.56 bits per heavy atom. The lowest BCUT2D eigenvalue weighted by molar-refractivity contribution is -0.116. The van der Waals surface area contributed by atoms with E-state index in [0.717, 1.165) is 19.3 Å². The zero-order valence-electron chi connectivity index (χ0n) is 13.7. The van der Waals surface area contributed by atoms with Crippen LogP contribution < -0.4 is 5.32 Å². The van der Waals surface area contributed by atoms with Gasteiger partial charge < -0.3 is 10.4 Å². The van der Waals surface area contributed by atoms with Crippen LogP contribution in [0.25, 0.3) is 0 Å². The molecule has 0 saturated carbocycles. The number of carboxylic acids is 1. The van der Waals surface area contributed by atoms with Crippen molar-refractivity contribution in [2.75, 3.05) is 5.32 Å². The average molecular weight is 337 g/mol. The standard InChI is InChI=1S/C20H19NO4/c22-18(16-5-4-13-2-1-3-15(13)12-16)10-11-19(23)21-17-8-6-14(7-9-17)20(24)25/h4-9,12H,1-3,10-11H2,(H,21,23)(H,24,25). The summed E-state index contributed by atoms with van der Waals surface area (Å²) in [5.74, 6) is -1.32. The number of aryl methyl sites for hydroxylation is 2. The first kappa shape index (κ1) is 16.9. The van der Waals surface area contributed by atoms with Gasteiger partial charge in [0, 0.05) is 24.1 Å². The summed E-state index contributed by atoms with van der Waals surface area (Å²) in [7, 11) is 0. The summed E-state index contributed by atoms with van der Waals surface area (Å²) < 4.78 is 0. The molecule has 0 heterocycles. The number of carboxylic acid groups (broad SMARTS) is 1. The Labute approximate surface area is 145 Å². The second kappa shape index (κ2) is 7.30. The van der Waals surface area contributed by atoms with Crippen LogP contribution in [0.3, 0.4) is 0 Å². The van der Waals surface area contributed by atoms with Gasteiger partial charge in [0.25, 0.3) is 0 Å². The van der Waals surface area contributed by atoms with Crippen LogP contribution in [0.1, 0.15) is 51.1 Å². The van der Waals surface area contributed by atoms with Gasteiger partial charge in [-0.1, -0.05) is 12.1 Å². The highest BCUT2D eigenvalue weighted by Crippen LogP contribution is 2.23. The highest BCUT2D eigenvalue weighted by Gasteiger charge is 2.15. The number of amides is 1. The fourth-order valence-electron chi connectivity index (χ4n) is 3.04. The molecule has 1 aliphatic carbocycles. The Bertz CT molecular complexity index is 824. The number of carbonyl (C=O) groups excluding carboxylic acids is 2. The number of aromatic carboxylic acids is 1. The summed E-state index contributed by atoms with van der Waals surface area (Å²) in [6, 6.07) is 11.7. The largest absolute Gasteiger partial charge is 0.478 e. The number of benzene rings is 2. The summed E-state index contributed by atoms with van der Waals surface area (Å²) in [6.45, 7) is 0. The molecule has 1 aliphatic rings. The number of fused-ring (bicyclic) bond motifs is 1. The number of ketones is 1. The Hall–Kier alpha value is -2.95. The normalized spacial score (nSPS) is 12.5. The number of nitrogens with one attached hydrogen (secondary N) is 1. The minimum atomic E-state index is -1.02. The van der Waals surface area contributed by atoms with E-state index in [1.54, 1.807) is 0 Å². The number of carbonyl (C=O) groups is 3. The smallest absolute Gasteiger partial charge is 0.335 e. The van der Waals surface area contributed by atoms with Gasteiger partial charge in [-0.25, -0.2) is 4.79 Å². The highest BCUT2D eigenvalue weighted by molar-refractivity contribution is 6.00. The first-order valence-corrected chi connectivity index (χ1v) is 8.31. The molecule has 0 spiro atoms. The molecule has 0 unspecified atom stereocenters. The number of hydrogen-bond acceptors (Lipinski definition) is 3. The molecule has 5 nitrogen and oxygen atoms in total. The minimum absolute atomic E-state index is 0.0360. The number of hydrogen-bond donors (Lipinski definition) is 2. The van der Waals surface area contributed by atoms with Crippen LogP contribution in [0.5, 0.6) is 0 Å². The first-order chi connectivity index (χ1) is 12.0. The summed E-state index contributed by atoms with van der Waals surface area (Å²) in [5.41, 5.74) is 3.90. The maximum Gasteiger partial charge on any atom is 0.335 e. The van der Waals surface area contributed by atoms with Gasteiger partial charge in [0.15, 0.2) is 5.78 Å². The minimum Gasteiger partial charge on any atom is -0.478 e. The Morgan fingerprint density at radius 3 is 2.28 bits per heavy atom. The van der Waals surface area contributed by atoms with Gasteiger partial charge in [0.1, 0.15) is 0 Å². The zero-order valence-corrected chi connectivity index (χ0v) is 13.7. The van der Waals surface area contributed by atoms with Gasteiger partial charge in [-0.2, -0.15) is 0 Å². The Morgan fingerprint density at radius 1 is 0.880 bits per heavy atom. The molecule has 2 N–H and O–H groups in total. The van der Waals surface area contributed by atoms with Crippen molar-refractivity contribution in [1.29, 1.82) is 0 Å². The molecule has 0 radical (unpaired) electrons. The van der Waals surface area contributed by atoms with E-state index in [4.69, 9.17) is 5.11 Å². The topological polar surface area (TPSA) is 83.5 Å². The van der Waals surface area contributed by atoms with E-state index in [2.05, 4.69) is 5.32 Å². The second-order valence-electron chi connectivity index (χ2n) is 6.19. The van der Waals surface area contributed by atoms with Crippen molar-refractivity contribution in [3.05, 3.63) is 64.7 Å². The van der Waals surface area contributed by atoms with Gasteiger partial charge in [0.2, 0.25) is 5.91 Å². The highest BCUT2D eigenvalue weighted by atomic mass is 16.4. The van der Waals surface area contributed by atoms with Crippen LogP contribution in [-0.4, -0.2) is 22.8 Å². The third-order valence-electron chi connectivity index (χ3n) is 4.42. The molecule has 0 saturated heterocycles. The Balaban J connectivity index is 1.53. The van der Waals surface area contributed by atoms with E-state index >= 15 is 0 Å². The predicted molar refractivity (Wildman–Crippen MR) is 94.1 cm³/mol. The lowest BCUT2D eigenvalue weighted by Crippen LogP contribution is -2.13. The molecule has 1 amide bonds. The molecule has 3 rings (SSSR count). The van der Waals surface area contributed by atoms with Crippen molar-refractivity contribution in [3.8, 4) is 0 Å². The van der Waals surface area contributed by atoms with Gasteiger partial charge in [-0.05, 0) is 60.7 Å². The third-order valence-corrected chi connectivity index (χ3v) is 4.42. The van der Waals surface area contributed by atoms with E-state index < -0.39 is 5.97 Å². The van der Waals surface area contributed by atoms with Gasteiger partial charge >= 0.3 is 5.97 Å². The summed E-state index contributed by atoms with van der Waals surface area (Å²) in [4.78, 5) is 35.0. The molecule has 0 bridgehead atoms. The molecular weight excluding hydrogens is 318 g/mol. The summed E-state index contributed by atoms with van der Waals surface area (Å²) in [5, 5.41) is 11.5. The van der Waals surface area contributed by atoms with Crippen molar-refractivity contribution in [3.63, 3.8) is 0 Å². The molecule has 128 valence electrons. The fourth-order valence-corrected chi connectivity index (χ4v) is 3.04. The molecule has 2 aromatic carbocycles. The molecule has 0 aromatic heterocycles. The summed E-state index contributed by atoms with van der Waals surface area (Å²) >= 11 is 0. The van der Waals surface area contributed by atoms with Crippen LogP contribution >= 0.6 is 0 Å². The van der Waals surface area contributed by atoms with Crippen LogP contribution in [0, 0.1) is 0 Å². The number of anilines is 1. The number of Topliss-reactive ketones (excluding diaryl/α,β-unsaturated/α-hetero) is 1. The zero-order chi connectivity index (χ0) is 17.8. The maximum absolute atomic E-state index is 12.3. The third kappa shape index (κ3) is 4.12. The van der Waals surface area contributed by atoms with Crippen LogP contribution in [0.2, 0.25) is 0 Å².